The maximum atomic E-state index is 6.09. The largest absolute Gasteiger partial charge is 0.748 e. The minimum Gasteiger partial charge on any atom is -0.748 e. The molecule has 0 N–H and O–H groups in total. The Morgan fingerprint density at radius 3 is 1.72 bits per heavy atom. The molecule has 1 aliphatic heterocycles. The summed E-state index contributed by atoms with van der Waals surface area (Å²) < 4.78 is 6.09. The molecule has 0 radical (unpaired) electrons. The molecule has 0 aliphatic carbocycles. The minimum atomic E-state index is -0.701. The number of nitrogens with zero attached hydrogens (tertiary/aromatic N) is 1. The molecule has 36 heavy (non-hydrogen) atoms. The van der Waals surface area contributed by atoms with Crippen molar-refractivity contribution in [3.8, 4) is 0 Å². The van der Waals surface area contributed by atoms with Crippen LogP contribution in [0.5, 0.6) is 0 Å². The Hall–Kier alpha value is -2.44. The van der Waals surface area contributed by atoms with Crippen molar-refractivity contribution in [1.82, 2.24) is 0 Å². The van der Waals surface area contributed by atoms with Crippen LogP contribution in [0, 0.1) is 33.6 Å². The van der Waals surface area contributed by atoms with Crippen LogP contribution in [0.4, 0.5) is 0 Å². The number of benzene rings is 2. The van der Waals surface area contributed by atoms with Crippen molar-refractivity contribution in [2.45, 2.75) is 47.6 Å². The van der Waals surface area contributed by atoms with Gasteiger partial charge in [0.2, 0.25) is 0 Å². The smallest absolute Gasteiger partial charge is 0.130 e. The molecule has 0 fully saturated rings. The fraction of sp³-hybridized carbons (Fsp3) is 0.281. The molecule has 4 aromatic rings. The van der Waals surface area contributed by atoms with Gasteiger partial charge in [-0.2, -0.15) is 12.1 Å². The van der Waals surface area contributed by atoms with Crippen LogP contribution in [-0.4, -0.2) is 18.5 Å². The van der Waals surface area contributed by atoms with Gasteiger partial charge in [0.05, 0.1) is 12.6 Å². The van der Waals surface area contributed by atoms with Crippen molar-refractivity contribution in [1.29, 1.82) is 0 Å². The molecule has 194 valence electrons. The quantitative estimate of drug-likeness (QED) is 0.160. The first-order valence-electron chi connectivity index (χ1n) is 12.4. The van der Waals surface area contributed by atoms with Crippen LogP contribution >= 0.6 is 7.92 Å². The van der Waals surface area contributed by atoms with Crippen LogP contribution in [-0.2, 0) is 21.8 Å². The van der Waals surface area contributed by atoms with Crippen molar-refractivity contribution in [3.05, 3.63) is 113 Å². The summed E-state index contributed by atoms with van der Waals surface area (Å²) in [6.45, 7) is 13.9. The number of aliphatic imine (C=N–C) groups is 1. The molecule has 1 unspecified atom stereocenters. The first-order valence-corrected chi connectivity index (χ1v) is 13.8. The number of rotatable bonds is 5. The molecule has 0 spiro atoms. The van der Waals surface area contributed by atoms with Crippen LogP contribution in [0.2, 0.25) is 0 Å². The van der Waals surface area contributed by atoms with E-state index in [1.165, 1.54) is 38.2 Å². The normalized spacial score (nSPS) is 14.7. The van der Waals surface area contributed by atoms with E-state index in [1.54, 1.807) is 0 Å². The molecule has 0 saturated carbocycles. The Morgan fingerprint density at radius 1 is 0.833 bits per heavy atom. The summed E-state index contributed by atoms with van der Waals surface area (Å²) >= 11 is 0. The molecule has 1 heterocycles. The summed E-state index contributed by atoms with van der Waals surface area (Å²) in [7, 11) is -0.701. The van der Waals surface area contributed by atoms with E-state index in [9.17, 15) is 0 Å². The maximum Gasteiger partial charge on any atom is 0.130 e. The van der Waals surface area contributed by atoms with E-state index in [1.807, 2.05) is 30.3 Å². The van der Waals surface area contributed by atoms with Crippen molar-refractivity contribution < 1.29 is 21.8 Å². The number of aryl methyl sites for hydroxylation is 4. The Morgan fingerprint density at radius 2 is 1.31 bits per heavy atom. The molecule has 0 aromatic heterocycles. The molecule has 1 atom stereocenters. The van der Waals surface area contributed by atoms with Crippen molar-refractivity contribution in [2.24, 2.45) is 10.9 Å². The molecular weight excluding hydrogens is 501 g/mol. The Bertz CT molecular complexity index is 1180. The van der Waals surface area contributed by atoms with E-state index in [2.05, 4.69) is 96.1 Å². The van der Waals surface area contributed by atoms with Gasteiger partial charge >= 0.3 is 0 Å². The summed E-state index contributed by atoms with van der Waals surface area (Å²) in [5, 5.41) is 4.11. The fourth-order valence-corrected chi connectivity index (χ4v) is 7.40. The summed E-state index contributed by atoms with van der Waals surface area (Å²) in [4.78, 5) is 4.94. The molecule has 4 aromatic carbocycles. The van der Waals surface area contributed by atoms with Gasteiger partial charge in [0.25, 0.3) is 0 Å². The zero-order chi connectivity index (χ0) is 24.9. The van der Waals surface area contributed by atoms with Gasteiger partial charge < -0.3 is 35.1 Å². The van der Waals surface area contributed by atoms with Gasteiger partial charge in [0.1, 0.15) is 5.90 Å². The molecule has 0 amide bonds. The van der Waals surface area contributed by atoms with Gasteiger partial charge in [0, 0.05) is 17.1 Å². The van der Waals surface area contributed by atoms with Gasteiger partial charge in [-0.15, -0.1) is 6.07 Å². The second kappa shape index (κ2) is 12.7. The third-order valence-electron chi connectivity index (χ3n) is 6.19. The van der Waals surface area contributed by atoms with Crippen LogP contribution in [0.15, 0.2) is 89.9 Å². The second-order valence-electron chi connectivity index (χ2n) is 9.87. The maximum absolute atomic E-state index is 6.09. The Balaban J connectivity index is 0.000000538. The summed E-state index contributed by atoms with van der Waals surface area (Å²) in [6, 6.07) is 30.7. The first-order chi connectivity index (χ1) is 16.8. The summed E-state index contributed by atoms with van der Waals surface area (Å²) in [6.07, 6.45) is 0. The SMILES string of the molecule is Cc1cc(C)cc(P(c2cc(C)cc(C)c2)[c-]2cccc2C2=NC(C(C)C)CO2)c1.[Fe].[cH-]1[cH-][cH-][cH-][cH-]1. The third kappa shape index (κ3) is 6.86. The monoisotopic (exact) mass is 537 g/mol. The molecule has 0 bridgehead atoms. The summed E-state index contributed by atoms with van der Waals surface area (Å²) in [5.74, 6) is 1.30. The average Bonchev–Trinajstić information content (AvgIpc) is 3.55. The van der Waals surface area contributed by atoms with Gasteiger partial charge in [-0.25, -0.2) is 0 Å². The van der Waals surface area contributed by atoms with Crippen molar-refractivity contribution in [2.75, 3.05) is 6.61 Å². The van der Waals surface area contributed by atoms with Crippen molar-refractivity contribution >= 4 is 29.7 Å². The van der Waals surface area contributed by atoms with Crippen LogP contribution in [0.1, 0.15) is 41.7 Å². The topological polar surface area (TPSA) is 21.6 Å². The van der Waals surface area contributed by atoms with Crippen LogP contribution < -0.4 is 15.9 Å². The molecule has 4 heteroatoms. The van der Waals surface area contributed by atoms with E-state index >= 15 is 0 Å². The molecule has 2 nitrogen and oxygen atoms in total. The van der Waals surface area contributed by atoms with E-state index in [0.717, 1.165) is 11.5 Å². The minimum absolute atomic E-state index is 0. The standard InChI is InChI=1S/C27H31NOP.C5H5.Fe/c1-17(2)25-16-29-27(28-25)24-8-7-9-26(24)30(22-12-18(3)10-19(4)13-22)23-14-20(5)11-21(6)15-23;1-2-4-5-3-1;/h7-15,17,25H,16H2,1-6H3;1-5H;/q-1;-5;. The van der Waals surface area contributed by atoms with Gasteiger partial charge in [0.15, 0.2) is 0 Å². The predicted octanol–water partition coefficient (Wildman–Crippen LogP) is 6.60. The molecule has 0 saturated heterocycles. The van der Waals surface area contributed by atoms with Gasteiger partial charge in [-0.05, 0) is 44.2 Å². The van der Waals surface area contributed by atoms with E-state index in [-0.39, 0.29) is 23.1 Å². The van der Waals surface area contributed by atoms with Crippen LogP contribution in [0.3, 0.4) is 0 Å². The van der Waals surface area contributed by atoms with Crippen molar-refractivity contribution in [3.63, 3.8) is 0 Å². The van der Waals surface area contributed by atoms with E-state index in [4.69, 9.17) is 9.73 Å². The third-order valence-corrected chi connectivity index (χ3v) is 8.61. The number of hydrogen-bond acceptors (Lipinski definition) is 2. The van der Waals surface area contributed by atoms with E-state index < -0.39 is 7.92 Å². The Kier molecular flexibility index (Phi) is 9.91. The zero-order valence-electron chi connectivity index (χ0n) is 22.1. The Labute approximate surface area is 228 Å². The molecule has 5 rings (SSSR count). The van der Waals surface area contributed by atoms with Crippen LogP contribution in [0.25, 0.3) is 0 Å². The van der Waals surface area contributed by atoms with Gasteiger partial charge in [-0.3, -0.25) is 4.99 Å². The second-order valence-corrected chi connectivity index (χ2v) is 12.1. The van der Waals surface area contributed by atoms with E-state index in [0.29, 0.717) is 12.5 Å². The predicted molar refractivity (Wildman–Crippen MR) is 153 cm³/mol. The van der Waals surface area contributed by atoms with Gasteiger partial charge in [-0.1, -0.05) is 91.3 Å². The summed E-state index contributed by atoms with van der Waals surface area (Å²) in [5.41, 5.74) is 6.39. The number of hydrogen-bond donors (Lipinski definition) is 0. The number of ether oxygens (including phenoxy) is 1. The molecular formula is C32H36FeNOP-6. The fourth-order valence-electron chi connectivity index (χ4n) is 4.57. The first kappa shape index (κ1) is 28.1. The average molecular weight is 537 g/mol. The zero-order valence-corrected chi connectivity index (χ0v) is 24.1. The molecule has 1 aliphatic rings.